The van der Waals surface area contributed by atoms with Gasteiger partial charge in [0, 0.05) is 26.2 Å². The van der Waals surface area contributed by atoms with Crippen molar-refractivity contribution >= 4 is 34.0 Å². The minimum Gasteiger partial charge on any atom is -0.396 e. The maximum Gasteiger partial charge on any atom is 0.267 e. The number of halogens is 1. The van der Waals surface area contributed by atoms with E-state index in [1.165, 1.54) is 11.3 Å². The first-order valence-corrected chi connectivity index (χ1v) is 8.81. The SMILES string of the molecule is O=C(c1sc(N2CCCC2)nc1Cl)N(CCCO)C1COC1. The maximum atomic E-state index is 12.8. The average Bonchev–Trinajstić information content (AvgIpc) is 3.09. The molecular formula is C14H20ClN3O3S. The second-order valence-corrected chi connectivity index (χ2v) is 6.91. The normalized spacial score (nSPS) is 18.5. The van der Waals surface area contributed by atoms with Crippen LogP contribution in [0.1, 0.15) is 28.9 Å². The molecule has 0 spiro atoms. The molecule has 8 heteroatoms. The summed E-state index contributed by atoms with van der Waals surface area (Å²) in [6.45, 7) is 3.62. The van der Waals surface area contributed by atoms with Crippen molar-refractivity contribution in [2.45, 2.75) is 25.3 Å². The van der Waals surface area contributed by atoms with E-state index < -0.39 is 0 Å². The van der Waals surface area contributed by atoms with E-state index in [-0.39, 0.29) is 23.7 Å². The number of rotatable bonds is 6. The van der Waals surface area contributed by atoms with Gasteiger partial charge in [-0.25, -0.2) is 4.98 Å². The monoisotopic (exact) mass is 345 g/mol. The van der Waals surface area contributed by atoms with Crippen molar-refractivity contribution in [2.75, 3.05) is 44.4 Å². The molecule has 2 fully saturated rings. The van der Waals surface area contributed by atoms with Gasteiger partial charge in [-0.3, -0.25) is 4.79 Å². The van der Waals surface area contributed by atoms with Crippen LogP contribution >= 0.6 is 22.9 Å². The van der Waals surface area contributed by atoms with Gasteiger partial charge in [0.25, 0.3) is 5.91 Å². The maximum absolute atomic E-state index is 12.8. The average molecular weight is 346 g/mol. The van der Waals surface area contributed by atoms with Crippen LogP contribution in [0.3, 0.4) is 0 Å². The molecule has 1 aromatic rings. The molecule has 1 aromatic heterocycles. The van der Waals surface area contributed by atoms with Gasteiger partial charge >= 0.3 is 0 Å². The lowest BCUT2D eigenvalue weighted by Crippen LogP contribution is -2.52. The standard InChI is InChI=1S/C14H20ClN3O3S/c15-12-11(22-14(16-12)17-4-1-2-5-17)13(20)18(6-3-7-19)10-8-21-9-10/h10,19H,1-9H2. The Labute approximate surface area is 138 Å². The molecule has 1 N–H and O–H groups in total. The fourth-order valence-corrected chi connectivity index (χ4v) is 3.98. The van der Waals surface area contributed by atoms with Gasteiger partial charge < -0.3 is 19.6 Å². The third-order valence-corrected chi connectivity index (χ3v) is 5.51. The predicted molar refractivity (Wildman–Crippen MR) is 85.9 cm³/mol. The lowest BCUT2D eigenvalue weighted by molar-refractivity contribution is -0.0548. The minimum absolute atomic E-state index is 0.0623. The lowest BCUT2D eigenvalue weighted by Gasteiger charge is -2.37. The van der Waals surface area contributed by atoms with Crippen molar-refractivity contribution in [3.63, 3.8) is 0 Å². The fourth-order valence-electron chi connectivity index (χ4n) is 2.69. The zero-order valence-electron chi connectivity index (χ0n) is 12.3. The van der Waals surface area contributed by atoms with E-state index in [2.05, 4.69) is 9.88 Å². The highest BCUT2D eigenvalue weighted by Gasteiger charge is 2.33. The largest absolute Gasteiger partial charge is 0.396 e. The Morgan fingerprint density at radius 1 is 1.45 bits per heavy atom. The molecule has 3 heterocycles. The van der Waals surface area contributed by atoms with Gasteiger partial charge in [0.05, 0.1) is 19.3 Å². The summed E-state index contributed by atoms with van der Waals surface area (Å²) in [7, 11) is 0. The van der Waals surface area contributed by atoms with Crippen molar-refractivity contribution in [3.05, 3.63) is 10.0 Å². The number of thiazole rings is 1. The topological polar surface area (TPSA) is 65.9 Å². The number of nitrogens with zero attached hydrogens (tertiary/aromatic N) is 3. The molecule has 2 saturated heterocycles. The van der Waals surface area contributed by atoms with E-state index in [0.29, 0.717) is 31.1 Å². The molecule has 0 saturated carbocycles. The number of aliphatic hydroxyl groups is 1. The summed E-state index contributed by atoms with van der Waals surface area (Å²) in [6, 6.07) is 0.0763. The van der Waals surface area contributed by atoms with E-state index in [1.807, 2.05) is 0 Å². The Bertz CT molecular complexity index is 529. The van der Waals surface area contributed by atoms with Gasteiger partial charge in [0.2, 0.25) is 0 Å². The van der Waals surface area contributed by atoms with Gasteiger partial charge in [0.15, 0.2) is 10.3 Å². The summed E-state index contributed by atoms with van der Waals surface area (Å²) >= 11 is 7.57. The van der Waals surface area contributed by atoms with Gasteiger partial charge in [0.1, 0.15) is 4.88 Å². The summed E-state index contributed by atoms with van der Waals surface area (Å²) in [5, 5.41) is 10.1. The molecule has 2 aliphatic heterocycles. The molecule has 1 amide bonds. The summed E-state index contributed by atoms with van der Waals surface area (Å²) < 4.78 is 5.19. The van der Waals surface area contributed by atoms with Gasteiger partial charge in [-0.15, -0.1) is 0 Å². The molecule has 0 radical (unpaired) electrons. The van der Waals surface area contributed by atoms with E-state index in [4.69, 9.17) is 21.4 Å². The second kappa shape index (κ2) is 7.12. The van der Waals surface area contributed by atoms with Crippen LogP contribution in [-0.4, -0.2) is 66.4 Å². The molecular weight excluding hydrogens is 326 g/mol. The number of aromatic nitrogens is 1. The Hall–Kier alpha value is -0.890. The van der Waals surface area contributed by atoms with Crippen LogP contribution in [0, 0.1) is 0 Å². The first kappa shape index (κ1) is 16.0. The Kier molecular flexibility index (Phi) is 5.18. The van der Waals surface area contributed by atoms with E-state index in [0.717, 1.165) is 31.1 Å². The first-order valence-electron chi connectivity index (χ1n) is 7.61. The fraction of sp³-hybridized carbons (Fsp3) is 0.714. The lowest BCUT2D eigenvalue weighted by atomic mass is 10.2. The van der Waals surface area contributed by atoms with E-state index in [9.17, 15) is 4.79 Å². The zero-order chi connectivity index (χ0) is 15.5. The van der Waals surface area contributed by atoms with E-state index >= 15 is 0 Å². The van der Waals surface area contributed by atoms with Crippen molar-refractivity contribution in [1.29, 1.82) is 0 Å². The molecule has 0 bridgehead atoms. The van der Waals surface area contributed by atoms with Gasteiger partial charge in [-0.1, -0.05) is 22.9 Å². The molecule has 122 valence electrons. The highest BCUT2D eigenvalue weighted by molar-refractivity contribution is 7.18. The quantitative estimate of drug-likeness (QED) is 0.848. The second-order valence-electron chi connectivity index (χ2n) is 5.58. The van der Waals surface area contributed by atoms with Gasteiger partial charge in [-0.2, -0.15) is 0 Å². The highest BCUT2D eigenvalue weighted by atomic mass is 35.5. The summed E-state index contributed by atoms with van der Waals surface area (Å²) in [4.78, 5) is 21.6. The van der Waals surface area contributed by atoms with Crippen LogP contribution in [0.2, 0.25) is 5.15 Å². The van der Waals surface area contributed by atoms with Crippen LogP contribution in [0.15, 0.2) is 0 Å². The number of aliphatic hydroxyl groups excluding tert-OH is 1. The van der Waals surface area contributed by atoms with Gasteiger partial charge in [-0.05, 0) is 19.3 Å². The number of ether oxygens (including phenoxy) is 1. The highest BCUT2D eigenvalue weighted by Crippen LogP contribution is 2.33. The molecule has 2 aliphatic rings. The number of hydrogen-bond donors (Lipinski definition) is 1. The van der Waals surface area contributed by atoms with Crippen LogP contribution in [-0.2, 0) is 4.74 Å². The van der Waals surface area contributed by atoms with Crippen molar-refractivity contribution < 1.29 is 14.6 Å². The smallest absolute Gasteiger partial charge is 0.267 e. The van der Waals surface area contributed by atoms with E-state index in [1.54, 1.807) is 4.90 Å². The summed E-state index contributed by atoms with van der Waals surface area (Å²) in [6.07, 6.45) is 2.86. The number of anilines is 1. The van der Waals surface area contributed by atoms with Crippen LogP contribution < -0.4 is 4.90 Å². The molecule has 22 heavy (non-hydrogen) atoms. The molecule has 0 atom stereocenters. The summed E-state index contributed by atoms with van der Waals surface area (Å²) in [5.41, 5.74) is 0. The summed E-state index contributed by atoms with van der Waals surface area (Å²) in [5.74, 6) is -0.102. The number of hydrogen-bond acceptors (Lipinski definition) is 6. The first-order chi connectivity index (χ1) is 10.7. The zero-order valence-corrected chi connectivity index (χ0v) is 13.9. The molecule has 0 aliphatic carbocycles. The van der Waals surface area contributed by atoms with Crippen LogP contribution in [0.5, 0.6) is 0 Å². The Morgan fingerprint density at radius 2 is 2.18 bits per heavy atom. The number of carbonyl (C=O) groups excluding carboxylic acids is 1. The Morgan fingerprint density at radius 3 is 2.77 bits per heavy atom. The number of carbonyl (C=O) groups is 1. The molecule has 0 unspecified atom stereocenters. The number of amides is 1. The minimum atomic E-state index is -0.102. The molecule has 3 rings (SSSR count). The van der Waals surface area contributed by atoms with Crippen LogP contribution in [0.25, 0.3) is 0 Å². The Balaban J connectivity index is 1.76. The van der Waals surface area contributed by atoms with Crippen molar-refractivity contribution in [1.82, 2.24) is 9.88 Å². The third-order valence-electron chi connectivity index (χ3n) is 4.02. The van der Waals surface area contributed by atoms with Crippen molar-refractivity contribution in [2.24, 2.45) is 0 Å². The molecule has 0 aromatic carbocycles. The predicted octanol–water partition coefficient (Wildman–Crippen LogP) is 1.62. The molecule has 6 nitrogen and oxygen atoms in total. The van der Waals surface area contributed by atoms with Crippen molar-refractivity contribution in [3.8, 4) is 0 Å². The van der Waals surface area contributed by atoms with Crippen LogP contribution in [0.4, 0.5) is 5.13 Å². The third kappa shape index (κ3) is 3.22.